The molecule has 1 nitrogen and oxygen atoms in total. The van der Waals surface area contributed by atoms with Crippen molar-refractivity contribution in [1.82, 2.24) is 0 Å². The first-order valence-corrected chi connectivity index (χ1v) is 10.3. The van der Waals surface area contributed by atoms with Crippen LogP contribution in [0.5, 0.6) is 0 Å². The first-order valence-electron chi connectivity index (χ1n) is 10.3. The predicted octanol–water partition coefficient (Wildman–Crippen LogP) is 7.01. The zero-order valence-electron chi connectivity index (χ0n) is 16.6. The molecule has 0 aliphatic heterocycles. The molecule has 136 valence electrons. The van der Waals surface area contributed by atoms with E-state index in [-0.39, 0.29) is 5.54 Å². The Morgan fingerprint density at radius 3 is 2.09 bits per heavy atom. The minimum Gasteiger partial charge on any atom is -0.325 e. The molecule has 23 heavy (non-hydrogen) atoms. The molecule has 0 spiro atoms. The van der Waals surface area contributed by atoms with Gasteiger partial charge in [0.2, 0.25) is 0 Å². The number of hydrogen-bond acceptors (Lipinski definition) is 1. The molecule has 1 aliphatic carbocycles. The van der Waals surface area contributed by atoms with Crippen LogP contribution in [-0.4, -0.2) is 5.54 Å². The first-order chi connectivity index (χ1) is 10.8. The Morgan fingerprint density at radius 1 is 1.00 bits per heavy atom. The summed E-state index contributed by atoms with van der Waals surface area (Å²) in [5.41, 5.74) is 8.39. The SMILES string of the molecule is C=C(CCCCC(CC)CC)CC1(C)CCCC(C)(N)CCC1. The van der Waals surface area contributed by atoms with E-state index >= 15 is 0 Å². The van der Waals surface area contributed by atoms with Crippen LogP contribution in [0.4, 0.5) is 0 Å². The van der Waals surface area contributed by atoms with Crippen LogP contribution in [0.3, 0.4) is 0 Å². The molecular weight excluding hydrogens is 278 g/mol. The molecule has 0 aromatic carbocycles. The van der Waals surface area contributed by atoms with Crippen molar-refractivity contribution in [2.24, 2.45) is 17.1 Å². The van der Waals surface area contributed by atoms with Crippen LogP contribution < -0.4 is 5.73 Å². The van der Waals surface area contributed by atoms with Gasteiger partial charge in [0.25, 0.3) is 0 Å². The highest BCUT2D eigenvalue weighted by Gasteiger charge is 2.29. The molecule has 0 radical (unpaired) electrons. The average Bonchev–Trinajstić information content (AvgIpc) is 2.45. The Bertz CT molecular complexity index is 326. The topological polar surface area (TPSA) is 26.0 Å². The summed E-state index contributed by atoms with van der Waals surface area (Å²) in [6, 6.07) is 0. The van der Waals surface area contributed by atoms with Gasteiger partial charge in [-0.15, -0.1) is 0 Å². The molecule has 2 N–H and O–H groups in total. The highest BCUT2D eigenvalue weighted by atomic mass is 14.7. The molecule has 0 aromatic heterocycles. The van der Waals surface area contributed by atoms with Crippen LogP contribution in [0, 0.1) is 11.3 Å². The summed E-state index contributed by atoms with van der Waals surface area (Å²) in [5, 5.41) is 0. The Kier molecular flexibility index (Phi) is 8.90. The number of unbranched alkanes of at least 4 members (excludes halogenated alkanes) is 1. The molecule has 1 heteroatoms. The Hall–Kier alpha value is -0.300. The summed E-state index contributed by atoms with van der Waals surface area (Å²) in [5.74, 6) is 0.942. The lowest BCUT2D eigenvalue weighted by molar-refractivity contribution is 0.202. The van der Waals surface area contributed by atoms with Crippen molar-refractivity contribution in [1.29, 1.82) is 0 Å². The van der Waals surface area contributed by atoms with E-state index in [1.165, 1.54) is 89.0 Å². The van der Waals surface area contributed by atoms with Crippen LogP contribution in [0.2, 0.25) is 0 Å². The minimum atomic E-state index is 0.0768. The summed E-state index contributed by atoms with van der Waals surface area (Å²) in [6.07, 6.45) is 16.9. The van der Waals surface area contributed by atoms with Crippen LogP contribution in [-0.2, 0) is 0 Å². The van der Waals surface area contributed by atoms with Crippen molar-refractivity contribution in [3.05, 3.63) is 12.2 Å². The van der Waals surface area contributed by atoms with Crippen molar-refractivity contribution in [2.75, 3.05) is 0 Å². The van der Waals surface area contributed by atoms with Gasteiger partial charge in [0.05, 0.1) is 0 Å². The van der Waals surface area contributed by atoms with Gasteiger partial charge in [0, 0.05) is 5.54 Å². The van der Waals surface area contributed by atoms with Gasteiger partial charge in [0.15, 0.2) is 0 Å². The highest BCUT2D eigenvalue weighted by Crippen LogP contribution is 2.41. The zero-order valence-corrected chi connectivity index (χ0v) is 16.6. The molecule has 1 fully saturated rings. The maximum absolute atomic E-state index is 6.35. The normalized spacial score (nSPS) is 29.3. The van der Waals surface area contributed by atoms with Crippen LogP contribution in [0.1, 0.15) is 111 Å². The monoisotopic (exact) mass is 321 g/mol. The fourth-order valence-electron chi connectivity index (χ4n) is 4.46. The predicted molar refractivity (Wildman–Crippen MR) is 105 cm³/mol. The lowest BCUT2D eigenvalue weighted by Gasteiger charge is -2.36. The molecule has 1 saturated carbocycles. The molecule has 0 heterocycles. The Morgan fingerprint density at radius 2 is 1.57 bits per heavy atom. The van der Waals surface area contributed by atoms with Crippen molar-refractivity contribution < 1.29 is 0 Å². The van der Waals surface area contributed by atoms with Crippen LogP contribution >= 0.6 is 0 Å². The van der Waals surface area contributed by atoms with Crippen LogP contribution in [0.15, 0.2) is 12.2 Å². The van der Waals surface area contributed by atoms with E-state index in [0.29, 0.717) is 5.41 Å². The Balaban J connectivity index is 2.29. The number of allylic oxidation sites excluding steroid dienone is 1. The zero-order chi connectivity index (χ0) is 17.3. The van der Waals surface area contributed by atoms with E-state index in [0.717, 1.165) is 5.92 Å². The van der Waals surface area contributed by atoms with Crippen molar-refractivity contribution in [3.63, 3.8) is 0 Å². The summed E-state index contributed by atoms with van der Waals surface area (Å²) < 4.78 is 0. The fourth-order valence-corrected chi connectivity index (χ4v) is 4.46. The molecule has 0 aromatic rings. The van der Waals surface area contributed by atoms with Crippen LogP contribution in [0.25, 0.3) is 0 Å². The van der Waals surface area contributed by atoms with Gasteiger partial charge in [-0.2, -0.15) is 0 Å². The summed E-state index contributed by atoms with van der Waals surface area (Å²) >= 11 is 0. The lowest BCUT2D eigenvalue weighted by Crippen LogP contribution is -2.38. The molecule has 0 bridgehead atoms. The highest BCUT2D eigenvalue weighted by molar-refractivity contribution is 5.00. The van der Waals surface area contributed by atoms with Gasteiger partial charge in [-0.25, -0.2) is 0 Å². The second-order valence-corrected chi connectivity index (χ2v) is 9.03. The quantitative estimate of drug-likeness (QED) is 0.359. The van der Waals surface area contributed by atoms with Gasteiger partial charge in [0.1, 0.15) is 0 Å². The van der Waals surface area contributed by atoms with E-state index in [1.54, 1.807) is 0 Å². The molecular formula is C22H43N. The van der Waals surface area contributed by atoms with Gasteiger partial charge >= 0.3 is 0 Å². The Labute approximate surface area is 146 Å². The molecule has 0 unspecified atom stereocenters. The molecule has 1 rings (SSSR count). The maximum Gasteiger partial charge on any atom is 0.0125 e. The third-order valence-electron chi connectivity index (χ3n) is 6.28. The summed E-state index contributed by atoms with van der Waals surface area (Å²) in [7, 11) is 0. The third kappa shape index (κ3) is 8.38. The number of nitrogens with two attached hydrogens (primary N) is 1. The maximum atomic E-state index is 6.35. The van der Waals surface area contributed by atoms with Gasteiger partial charge in [-0.05, 0) is 63.2 Å². The third-order valence-corrected chi connectivity index (χ3v) is 6.28. The first kappa shape index (κ1) is 20.7. The second kappa shape index (κ2) is 9.87. The van der Waals surface area contributed by atoms with E-state index < -0.39 is 0 Å². The minimum absolute atomic E-state index is 0.0768. The van der Waals surface area contributed by atoms with E-state index in [2.05, 4.69) is 34.3 Å². The van der Waals surface area contributed by atoms with Crippen molar-refractivity contribution in [3.8, 4) is 0 Å². The second-order valence-electron chi connectivity index (χ2n) is 9.03. The largest absolute Gasteiger partial charge is 0.325 e. The molecule has 1 aliphatic rings. The lowest BCUT2D eigenvalue weighted by atomic mass is 9.71. The summed E-state index contributed by atoms with van der Waals surface area (Å²) in [4.78, 5) is 0. The fraction of sp³-hybridized carbons (Fsp3) is 0.909. The van der Waals surface area contributed by atoms with Gasteiger partial charge in [-0.3, -0.25) is 0 Å². The van der Waals surface area contributed by atoms with E-state index in [1.807, 2.05) is 0 Å². The number of rotatable bonds is 9. The standard InChI is InChI=1S/C22H43N/c1-6-20(7-2)13-9-8-12-19(3)18-21(4)14-10-16-22(5,23)17-11-15-21/h20H,3,6-18,23H2,1-2,4-5H3. The van der Waals surface area contributed by atoms with Crippen molar-refractivity contribution in [2.45, 2.75) is 117 Å². The molecule has 0 saturated heterocycles. The van der Waals surface area contributed by atoms with Gasteiger partial charge < -0.3 is 5.73 Å². The average molecular weight is 322 g/mol. The number of hydrogen-bond donors (Lipinski definition) is 1. The smallest absolute Gasteiger partial charge is 0.0125 e. The van der Waals surface area contributed by atoms with Crippen molar-refractivity contribution >= 4 is 0 Å². The molecule has 0 amide bonds. The summed E-state index contributed by atoms with van der Waals surface area (Å²) in [6.45, 7) is 13.8. The van der Waals surface area contributed by atoms with E-state index in [9.17, 15) is 0 Å². The van der Waals surface area contributed by atoms with Gasteiger partial charge in [-0.1, -0.05) is 71.4 Å². The molecule has 0 atom stereocenters. The van der Waals surface area contributed by atoms with E-state index in [4.69, 9.17) is 5.73 Å².